The second-order valence-electron chi connectivity index (χ2n) is 6.72. The van der Waals surface area contributed by atoms with Gasteiger partial charge in [0.2, 0.25) is 5.91 Å². The maximum Gasteiger partial charge on any atom is 0.320 e. The molecule has 4 N–H and O–H groups in total. The van der Waals surface area contributed by atoms with Crippen LogP contribution in [-0.4, -0.2) is 34.9 Å². The fraction of sp³-hybridized carbons (Fsp3) is 0.421. The molecule has 3 amide bonds. The minimum atomic E-state index is -0.503. The fourth-order valence-corrected chi connectivity index (χ4v) is 3.05. The van der Waals surface area contributed by atoms with E-state index in [2.05, 4.69) is 26.4 Å². The molecule has 1 aromatic heterocycles. The number of rotatable bonds is 6. The van der Waals surface area contributed by atoms with E-state index in [1.54, 1.807) is 17.9 Å². The first kappa shape index (κ1) is 19.7. The van der Waals surface area contributed by atoms with Crippen molar-refractivity contribution >= 4 is 17.8 Å². The van der Waals surface area contributed by atoms with Crippen LogP contribution in [0.4, 0.5) is 10.6 Å². The van der Waals surface area contributed by atoms with Crippen molar-refractivity contribution in [3.05, 3.63) is 41.6 Å². The van der Waals surface area contributed by atoms with Crippen LogP contribution in [0.3, 0.4) is 0 Å². The molecule has 0 spiro atoms. The van der Waals surface area contributed by atoms with Crippen LogP contribution >= 0.6 is 0 Å². The van der Waals surface area contributed by atoms with Crippen molar-refractivity contribution in [1.82, 2.24) is 25.7 Å². The minimum absolute atomic E-state index is 0.0429. The molecule has 2 heterocycles. The van der Waals surface area contributed by atoms with Crippen molar-refractivity contribution in [2.45, 2.75) is 45.6 Å². The van der Waals surface area contributed by atoms with E-state index in [4.69, 9.17) is 4.74 Å². The molecule has 2 unspecified atom stereocenters. The van der Waals surface area contributed by atoms with Crippen molar-refractivity contribution in [2.75, 3.05) is 12.4 Å². The van der Waals surface area contributed by atoms with E-state index >= 15 is 0 Å². The lowest BCUT2D eigenvalue weighted by molar-refractivity contribution is -0.125. The second kappa shape index (κ2) is 8.75. The Morgan fingerprint density at radius 3 is 2.79 bits per heavy atom. The predicted octanol–water partition coefficient (Wildman–Crippen LogP) is 1.87. The molecule has 9 heteroatoms. The summed E-state index contributed by atoms with van der Waals surface area (Å²) in [5, 5.41) is 16.2. The summed E-state index contributed by atoms with van der Waals surface area (Å²) in [4.78, 5) is 24.3. The van der Waals surface area contributed by atoms with Gasteiger partial charge >= 0.3 is 6.03 Å². The highest BCUT2D eigenvalue weighted by molar-refractivity contribution is 5.88. The molecular formula is C19H26N6O3. The molecule has 9 nitrogen and oxygen atoms in total. The molecule has 0 radical (unpaired) electrons. The molecule has 1 saturated heterocycles. The number of aromatic nitrogens is 2. The zero-order chi connectivity index (χ0) is 20.1. The Kier molecular flexibility index (Phi) is 6.15. The topological polar surface area (TPSA) is 109 Å². The van der Waals surface area contributed by atoms with Gasteiger partial charge in [0.05, 0.1) is 12.8 Å². The lowest BCUT2D eigenvalue weighted by Gasteiger charge is -2.31. The van der Waals surface area contributed by atoms with Crippen molar-refractivity contribution in [3.8, 4) is 5.75 Å². The zero-order valence-electron chi connectivity index (χ0n) is 16.3. The third-order valence-corrected chi connectivity index (χ3v) is 4.57. The molecule has 0 saturated carbocycles. The first-order chi connectivity index (χ1) is 13.5. The highest BCUT2D eigenvalue weighted by atomic mass is 16.5. The third kappa shape index (κ3) is 4.80. The lowest BCUT2D eigenvalue weighted by Crippen LogP contribution is -2.53. The van der Waals surface area contributed by atoms with E-state index in [9.17, 15) is 9.59 Å². The Balaban J connectivity index is 1.63. The van der Waals surface area contributed by atoms with E-state index in [0.29, 0.717) is 18.8 Å². The van der Waals surface area contributed by atoms with Gasteiger partial charge in [0.15, 0.2) is 6.29 Å². The lowest BCUT2D eigenvalue weighted by atomic mass is 10.1. The smallest absolute Gasteiger partial charge is 0.320 e. The monoisotopic (exact) mass is 386 g/mol. The standard InChI is InChI=1S/C19H26N6O3/c1-4-14-10-17(26)23-18(21-14)25-16(9-12(2)24-25)22-19(27)20-11-13-5-7-15(28-3)8-6-13/h5-9,14,18,21H,4,10-11H2,1-3H3,(H,23,26)(H2,20,22,27). The zero-order valence-corrected chi connectivity index (χ0v) is 16.3. The van der Waals surface area contributed by atoms with Crippen LogP contribution in [0.15, 0.2) is 30.3 Å². The molecule has 1 fully saturated rings. The average molecular weight is 386 g/mol. The van der Waals surface area contributed by atoms with Gasteiger partial charge in [-0.1, -0.05) is 19.1 Å². The summed E-state index contributed by atoms with van der Waals surface area (Å²) in [6.07, 6.45) is 0.755. The number of nitrogens with zero attached hydrogens (tertiary/aromatic N) is 2. The van der Waals surface area contributed by atoms with Crippen molar-refractivity contribution in [2.24, 2.45) is 0 Å². The Labute approximate surface area is 163 Å². The summed E-state index contributed by atoms with van der Waals surface area (Å²) in [7, 11) is 1.61. The highest BCUT2D eigenvalue weighted by Gasteiger charge is 2.28. The number of methoxy groups -OCH3 is 1. The molecule has 1 aliphatic heterocycles. The molecule has 28 heavy (non-hydrogen) atoms. The highest BCUT2D eigenvalue weighted by Crippen LogP contribution is 2.18. The second-order valence-corrected chi connectivity index (χ2v) is 6.72. The number of anilines is 1. The minimum Gasteiger partial charge on any atom is -0.497 e. The number of carbonyl (C=O) groups is 2. The van der Waals surface area contributed by atoms with Gasteiger partial charge in [-0.3, -0.25) is 15.4 Å². The number of hydrogen-bond acceptors (Lipinski definition) is 5. The third-order valence-electron chi connectivity index (χ3n) is 4.57. The number of carbonyl (C=O) groups excluding carboxylic acids is 2. The van der Waals surface area contributed by atoms with Crippen LogP contribution in [0.2, 0.25) is 0 Å². The van der Waals surface area contributed by atoms with E-state index in [1.165, 1.54) is 0 Å². The van der Waals surface area contributed by atoms with Gasteiger partial charge in [-0.2, -0.15) is 5.10 Å². The molecule has 0 bridgehead atoms. The molecule has 2 atom stereocenters. The Hall–Kier alpha value is -3.07. The molecule has 0 aliphatic carbocycles. The van der Waals surface area contributed by atoms with Gasteiger partial charge in [-0.05, 0) is 31.0 Å². The number of urea groups is 1. The van der Waals surface area contributed by atoms with Crippen LogP contribution in [0.25, 0.3) is 0 Å². The summed E-state index contributed by atoms with van der Waals surface area (Å²) >= 11 is 0. The van der Waals surface area contributed by atoms with Crippen molar-refractivity contribution < 1.29 is 14.3 Å². The van der Waals surface area contributed by atoms with E-state index in [1.807, 2.05) is 38.1 Å². The largest absolute Gasteiger partial charge is 0.497 e. The molecular weight excluding hydrogens is 360 g/mol. The number of hydrogen-bond donors (Lipinski definition) is 4. The fourth-order valence-electron chi connectivity index (χ4n) is 3.05. The summed E-state index contributed by atoms with van der Waals surface area (Å²) in [5.41, 5.74) is 1.69. The number of aryl methyl sites for hydroxylation is 1. The van der Waals surface area contributed by atoms with Crippen LogP contribution in [0.1, 0.15) is 37.3 Å². The van der Waals surface area contributed by atoms with Crippen LogP contribution in [0.5, 0.6) is 5.75 Å². The number of amides is 3. The van der Waals surface area contributed by atoms with Gasteiger partial charge in [0.25, 0.3) is 0 Å². The quantitative estimate of drug-likeness (QED) is 0.606. The summed E-state index contributed by atoms with van der Waals surface area (Å²) in [6.45, 7) is 4.23. The summed E-state index contributed by atoms with van der Waals surface area (Å²) in [5.74, 6) is 1.22. The van der Waals surface area contributed by atoms with Gasteiger partial charge in [0, 0.05) is 25.1 Å². The Morgan fingerprint density at radius 1 is 1.36 bits per heavy atom. The molecule has 1 aliphatic rings. The normalized spacial score (nSPS) is 19.0. The number of nitrogens with one attached hydrogen (secondary N) is 4. The van der Waals surface area contributed by atoms with Crippen molar-refractivity contribution in [3.63, 3.8) is 0 Å². The molecule has 1 aromatic carbocycles. The van der Waals surface area contributed by atoms with E-state index in [-0.39, 0.29) is 18.0 Å². The van der Waals surface area contributed by atoms with E-state index < -0.39 is 6.29 Å². The van der Waals surface area contributed by atoms with Gasteiger partial charge < -0.3 is 15.4 Å². The van der Waals surface area contributed by atoms with Crippen LogP contribution in [0, 0.1) is 6.92 Å². The van der Waals surface area contributed by atoms with Crippen molar-refractivity contribution in [1.29, 1.82) is 0 Å². The molecule has 3 rings (SSSR count). The molecule has 2 aromatic rings. The summed E-state index contributed by atoms with van der Waals surface area (Å²) in [6, 6.07) is 8.94. The van der Waals surface area contributed by atoms with Gasteiger partial charge in [-0.15, -0.1) is 0 Å². The maximum absolute atomic E-state index is 12.3. The van der Waals surface area contributed by atoms with Gasteiger partial charge in [0.1, 0.15) is 11.6 Å². The van der Waals surface area contributed by atoms with Crippen LogP contribution < -0.4 is 26.0 Å². The average Bonchev–Trinajstić information content (AvgIpc) is 3.06. The predicted molar refractivity (Wildman–Crippen MR) is 105 cm³/mol. The van der Waals surface area contributed by atoms with Crippen LogP contribution in [-0.2, 0) is 11.3 Å². The number of ether oxygens (including phenoxy) is 1. The first-order valence-corrected chi connectivity index (χ1v) is 9.28. The molecule has 150 valence electrons. The SMILES string of the molecule is CCC1CC(=O)NC(n2nc(C)cc2NC(=O)NCc2ccc(OC)cc2)N1. The van der Waals surface area contributed by atoms with E-state index in [0.717, 1.165) is 23.4 Å². The summed E-state index contributed by atoms with van der Waals surface area (Å²) < 4.78 is 6.71. The Bertz CT molecular complexity index is 833. The van der Waals surface area contributed by atoms with Gasteiger partial charge in [-0.25, -0.2) is 9.48 Å². The number of benzene rings is 1. The Morgan fingerprint density at radius 2 is 2.11 bits per heavy atom. The maximum atomic E-state index is 12.3. The first-order valence-electron chi connectivity index (χ1n) is 9.28.